The Bertz CT molecular complexity index is 610. The van der Waals surface area contributed by atoms with Crippen molar-refractivity contribution in [3.05, 3.63) is 33.4 Å². The van der Waals surface area contributed by atoms with E-state index >= 15 is 0 Å². The van der Waals surface area contributed by atoms with E-state index in [0.29, 0.717) is 0 Å². The van der Waals surface area contributed by atoms with E-state index in [1.54, 1.807) is 0 Å². The second kappa shape index (κ2) is 5.79. The first kappa shape index (κ1) is 15.8. The quantitative estimate of drug-likeness (QED) is 0.369. The first-order chi connectivity index (χ1) is 9.21. The summed E-state index contributed by atoms with van der Waals surface area (Å²) in [7, 11) is 0.868. The molecule has 0 fully saturated rings. The molecule has 0 aromatic heterocycles. The Hall–Kier alpha value is -2.28. The molecule has 0 bridgehead atoms. The summed E-state index contributed by atoms with van der Waals surface area (Å²) in [5, 5.41) is 19.6. The number of carbonyl (C=O) groups excluding carboxylic acids is 1. The van der Waals surface area contributed by atoms with Gasteiger partial charge in [-0.2, -0.15) is 18.4 Å². The molecule has 0 N–H and O–H groups in total. The molecule has 0 aliphatic rings. The predicted octanol–water partition coefficient (Wildman–Crippen LogP) is 2.86. The van der Waals surface area contributed by atoms with Gasteiger partial charge in [-0.25, -0.2) is 4.79 Å². The number of nitriles is 1. The second-order valence-electron chi connectivity index (χ2n) is 3.24. The predicted molar refractivity (Wildman–Crippen MR) is 61.1 cm³/mol. The van der Waals surface area contributed by atoms with Gasteiger partial charge in [-0.05, 0) is 17.8 Å². The van der Waals surface area contributed by atoms with E-state index in [4.69, 9.17) is 5.26 Å². The Morgan fingerprint density at radius 2 is 2.10 bits per heavy atom. The molecule has 0 saturated heterocycles. The van der Waals surface area contributed by atoms with Crippen LogP contribution in [0, 0.1) is 21.4 Å². The van der Waals surface area contributed by atoms with Crippen molar-refractivity contribution in [1.29, 1.82) is 5.26 Å². The summed E-state index contributed by atoms with van der Waals surface area (Å²) in [6.07, 6.45) is 0. The van der Waals surface area contributed by atoms with Gasteiger partial charge in [-0.15, -0.1) is 0 Å². The number of rotatable bonds is 3. The number of hydrogen-bond acceptors (Lipinski definition) is 6. The number of methoxy groups -OCH3 is 1. The van der Waals surface area contributed by atoms with Gasteiger partial charge in [0.25, 0.3) is 5.69 Å². The van der Waals surface area contributed by atoms with Crippen LogP contribution in [0.15, 0.2) is 17.0 Å². The Morgan fingerprint density at radius 3 is 2.50 bits per heavy atom. The summed E-state index contributed by atoms with van der Waals surface area (Å²) in [5.74, 6) is -1.32. The van der Waals surface area contributed by atoms with E-state index in [2.05, 4.69) is 4.74 Å². The molecular formula is C10H5F3N2O4S. The van der Waals surface area contributed by atoms with Gasteiger partial charge in [0.15, 0.2) is 5.56 Å². The zero-order chi connectivity index (χ0) is 15.5. The summed E-state index contributed by atoms with van der Waals surface area (Å²) < 4.78 is 41.7. The summed E-state index contributed by atoms with van der Waals surface area (Å²) in [6.45, 7) is 0. The standard InChI is InChI=1S/C10H5F3N2O4S/c1-19-9(16)7-6(15(17)18)3-2-5(4-14)8(7)20-10(11,12)13/h2-3H,1H3. The fourth-order valence-corrected chi connectivity index (χ4v) is 2.08. The van der Waals surface area contributed by atoms with Crippen LogP contribution in [0.3, 0.4) is 0 Å². The number of benzene rings is 1. The van der Waals surface area contributed by atoms with Gasteiger partial charge in [0.1, 0.15) is 6.07 Å². The molecule has 0 amide bonds. The van der Waals surface area contributed by atoms with Crippen molar-refractivity contribution in [3.63, 3.8) is 0 Å². The first-order valence-electron chi connectivity index (χ1n) is 4.76. The lowest BCUT2D eigenvalue weighted by Crippen LogP contribution is -2.11. The van der Waals surface area contributed by atoms with Gasteiger partial charge in [0, 0.05) is 6.07 Å². The van der Waals surface area contributed by atoms with Crippen LogP contribution < -0.4 is 0 Å². The van der Waals surface area contributed by atoms with Crippen LogP contribution in [0.4, 0.5) is 18.9 Å². The highest BCUT2D eigenvalue weighted by molar-refractivity contribution is 8.00. The molecule has 0 unspecified atom stereocenters. The van der Waals surface area contributed by atoms with Crippen molar-refractivity contribution in [2.45, 2.75) is 10.4 Å². The second-order valence-corrected chi connectivity index (χ2v) is 4.32. The molecule has 6 nitrogen and oxygen atoms in total. The van der Waals surface area contributed by atoms with Crippen LogP contribution in [0.25, 0.3) is 0 Å². The average molecular weight is 306 g/mol. The van der Waals surface area contributed by atoms with Gasteiger partial charge in [-0.1, -0.05) is 0 Å². The molecular weight excluding hydrogens is 301 g/mol. The molecule has 0 radical (unpaired) electrons. The molecule has 0 atom stereocenters. The third-order valence-corrected chi connectivity index (χ3v) is 2.92. The minimum Gasteiger partial charge on any atom is -0.465 e. The first-order valence-corrected chi connectivity index (χ1v) is 5.58. The molecule has 0 spiro atoms. The van der Waals surface area contributed by atoms with Gasteiger partial charge in [0.05, 0.1) is 22.5 Å². The van der Waals surface area contributed by atoms with E-state index in [1.165, 1.54) is 6.07 Å². The monoisotopic (exact) mass is 306 g/mol. The Morgan fingerprint density at radius 1 is 1.50 bits per heavy atom. The molecule has 106 valence electrons. The zero-order valence-electron chi connectivity index (χ0n) is 9.72. The van der Waals surface area contributed by atoms with Crippen LogP contribution in [-0.2, 0) is 4.74 Å². The average Bonchev–Trinajstić information content (AvgIpc) is 2.35. The van der Waals surface area contributed by atoms with Crippen LogP contribution in [0.2, 0.25) is 0 Å². The fraction of sp³-hybridized carbons (Fsp3) is 0.200. The van der Waals surface area contributed by atoms with E-state index in [0.717, 1.165) is 19.2 Å². The van der Waals surface area contributed by atoms with E-state index in [-0.39, 0.29) is 0 Å². The maximum absolute atomic E-state index is 12.5. The van der Waals surface area contributed by atoms with Crippen molar-refractivity contribution in [2.24, 2.45) is 0 Å². The lowest BCUT2D eigenvalue weighted by atomic mass is 10.1. The number of nitro benzene ring substituents is 1. The highest BCUT2D eigenvalue weighted by Crippen LogP contribution is 2.42. The minimum absolute atomic E-state index is 0.502. The molecule has 0 heterocycles. The summed E-state index contributed by atoms with van der Waals surface area (Å²) >= 11 is -0.774. The molecule has 10 heteroatoms. The van der Waals surface area contributed by atoms with Crippen LogP contribution in [-0.4, -0.2) is 23.5 Å². The number of nitro groups is 1. The summed E-state index contributed by atoms with van der Waals surface area (Å²) in [5.41, 5.74) is -7.07. The highest BCUT2D eigenvalue weighted by Gasteiger charge is 2.36. The Kier molecular flexibility index (Phi) is 4.57. The SMILES string of the molecule is COC(=O)c1c([N+](=O)[O-])ccc(C#N)c1SC(F)(F)F. The van der Waals surface area contributed by atoms with Crippen LogP contribution in [0.1, 0.15) is 15.9 Å². The molecule has 1 aromatic rings. The third kappa shape index (κ3) is 3.39. The third-order valence-electron chi connectivity index (χ3n) is 2.06. The molecule has 20 heavy (non-hydrogen) atoms. The molecule has 1 rings (SSSR count). The van der Waals surface area contributed by atoms with Crippen molar-refractivity contribution < 1.29 is 27.6 Å². The van der Waals surface area contributed by atoms with Gasteiger partial charge >= 0.3 is 11.5 Å². The van der Waals surface area contributed by atoms with Crippen molar-refractivity contribution in [1.82, 2.24) is 0 Å². The number of thioether (sulfide) groups is 1. The number of hydrogen-bond donors (Lipinski definition) is 0. The number of nitrogens with zero attached hydrogens (tertiary/aromatic N) is 2. The van der Waals surface area contributed by atoms with Crippen molar-refractivity contribution >= 4 is 23.4 Å². The normalized spacial score (nSPS) is 10.8. The van der Waals surface area contributed by atoms with Gasteiger partial charge < -0.3 is 4.74 Å². The number of halogens is 3. The maximum atomic E-state index is 12.5. The van der Waals surface area contributed by atoms with Crippen LogP contribution >= 0.6 is 11.8 Å². The van der Waals surface area contributed by atoms with E-state index in [1.807, 2.05) is 0 Å². The minimum atomic E-state index is -4.82. The van der Waals surface area contributed by atoms with Gasteiger partial charge in [0.2, 0.25) is 0 Å². The molecule has 1 aromatic carbocycles. The summed E-state index contributed by atoms with van der Waals surface area (Å²) in [4.78, 5) is 20.4. The lowest BCUT2D eigenvalue weighted by Gasteiger charge is -2.11. The summed E-state index contributed by atoms with van der Waals surface area (Å²) in [6, 6.07) is 3.08. The zero-order valence-corrected chi connectivity index (χ0v) is 10.5. The topological polar surface area (TPSA) is 93.2 Å². The largest absolute Gasteiger partial charge is 0.465 e. The van der Waals surface area contributed by atoms with E-state index in [9.17, 15) is 28.1 Å². The fourth-order valence-electron chi connectivity index (χ4n) is 1.33. The maximum Gasteiger partial charge on any atom is 0.446 e. The molecule has 0 aliphatic carbocycles. The lowest BCUT2D eigenvalue weighted by molar-refractivity contribution is -0.385. The number of ether oxygens (including phenoxy) is 1. The Labute approximate surface area is 114 Å². The molecule has 0 aliphatic heterocycles. The van der Waals surface area contributed by atoms with Crippen molar-refractivity contribution in [3.8, 4) is 6.07 Å². The number of alkyl halides is 3. The number of carbonyl (C=O) groups is 1. The van der Waals surface area contributed by atoms with Crippen LogP contribution in [0.5, 0.6) is 0 Å². The smallest absolute Gasteiger partial charge is 0.446 e. The molecule has 0 saturated carbocycles. The van der Waals surface area contributed by atoms with E-state index < -0.39 is 49.9 Å². The van der Waals surface area contributed by atoms with Gasteiger partial charge in [-0.3, -0.25) is 10.1 Å². The Balaban J connectivity index is 3.65. The highest BCUT2D eigenvalue weighted by atomic mass is 32.2. The van der Waals surface area contributed by atoms with Crippen molar-refractivity contribution in [2.75, 3.05) is 7.11 Å². The number of esters is 1.